The van der Waals surface area contributed by atoms with Gasteiger partial charge in [-0.2, -0.15) is 0 Å². The normalized spacial score (nSPS) is 10.8. The van der Waals surface area contributed by atoms with Crippen LogP contribution in [0.25, 0.3) is 6.08 Å². The number of hydrogen-bond donors (Lipinski definition) is 2. The topological polar surface area (TPSA) is 60.8 Å². The van der Waals surface area contributed by atoms with Crippen LogP contribution in [0.2, 0.25) is 0 Å². The van der Waals surface area contributed by atoms with Crippen LogP contribution in [0.1, 0.15) is 15.2 Å². The quantitative estimate of drug-likeness (QED) is 0.504. The van der Waals surface area contributed by atoms with Crippen molar-refractivity contribution in [3.8, 4) is 0 Å². The first-order valence-corrected chi connectivity index (χ1v) is 6.08. The van der Waals surface area contributed by atoms with E-state index in [0.29, 0.717) is 5.56 Å². The summed E-state index contributed by atoms with van der Waals surface area (Å²) in [6.07, 6.45) is 3.25. The molecule has 2 rings (SSSR count). The Kier molecular flexibility index (Phi) is 3.88. The highest BCUT2D eigenvalue weighted by molar-refractivity contribution is 7.10. The fourth-order valence-corrected chi connectivity index (χ4v) is 2.02. The molecule has 0 bridgehead atoms. The van der Waals surface area contributed by atoms with Crippen molar-refractivity contribution in [3.05, 3.63) is 58.3 Å². The van der Waals surface area contributed by atoms with Crippen LogP contribution >= 0.6 is 11.3 Å². The van der Waals surface area contributed by atoms with Gasteiger partial charge in [0.15, 0.2) is 5.78 Å². The predicted octanol–water partition coefficient (Wildman–Crippen LogP) is 3.23. The standard InChI is InChI=1S/C13H11NO3S/c15-13(8-7-12-2-1-9-18-12)10-3-5-11(6-4-10)14(16)17/h1-9,16-17H. The second-order valence-corrected chi connectivity index (χ2v) is 4.53. The highest BCUT2D eigenvalue weighted by Gasteiger charge is 2.03. The van der Waals surface area contributed by atoms with E-state index in [1.54, 1.807) is 17.4 Å². The van der Waals surface area contributed by atoms with E-state index >= 15 is 0 Å². The number of benzene rings is 1. The number of nitrogens with zero attached hydrogens (tertiary/aromatic N) is 1. The largest absolute Gasteiger partial charge is 0.289 e. The zero-order valence-corrected chi connectivity index (χ0v) is 10.2. The summed E-state index contributed by atoms with van der Waals surface area (Å²) in [6.45, 7) is 0. The molecule has 4 nitrogen and oxygen atoms in total. The Morgan fingerprint density at radius 2 is 1.89 bits per heavy atom. The van der Waals surface area contributed by atoms with Crippen molar-refractivity contribution in [2.24, 2.45) is 0 Å². The SMILES string of the molecule is O=C(C=Cc1cccs1)c1ccc(N(O)O)cc1. The lowest BCUT2D eigenvalue weighted by molar-refractivity contribution is 0.0291. The molecule has 5 heteroatoms. The number of rotatable bonds is 4. The van der Waals surface area contributed by atoms with E-state index in [-0.39, 0.29) is 16.7 Å². The predicted molar refractivity (Wildman–Crippen MR) is 70.2 cm³/mol. The van der Waals surface area contributed by atoms with Crippen molar-refractivity contribution in [1.29, 1.82) is 0 Å². The highest BCUT2D eigenvalue weighted by atomic mass is 32.1. The van der Waals surface area contributed by atoms with Crippen LogP contribution in [-0.4, -0.2) is 16.2 Å². The zero-order valence-electron chi connectivity index (χ0n) is 9.35. The molecule has 0 saturated carbocycles. The molecule has 0 unspecified atom stereocenters. The number of thiophene rings is 1. The monoisotopic (exact) mass is 261 g/mol. The molecule has 0 atom stereocenters. The van der Waals surface area contributed by atoms with Crippen LogP contribution in [0.4, 0.5) is 5.69 Å². The van der Waals surface area contributed by atoms with Crippen molar-refractivity contribution in [2.45, 2.75) is 0 Å². The number of carbonyl (C=O) groups is 1. The van der Waals surface area contributed by atoms with Gasteiger partial charge in [-0.15, -0.1) is 16.6 Å². The van der Waals surface area contributed by atoms with E-state index in [0.717, 1.165) is 4.88 Å². The maximum absolute atomic E-state index is 11.8. The first-order valence-electron chi connectivity index (χ1n) is 5.20. The molecule has 0 fully saturated rings. The van der Waals surface area contributed by atoms with Crippen LogP contribution < -0.4 is 5.23 Å². The number of allylic oxidation sites excluding steroid dienone is 1. The number of ketones is 1. The Labute approximate surface area is 108 Å². The Morgan fingerprint density at radius 3 is 2.44 bits per heavy atom. The van der Waals surface area contributed by atoms with Crippen molar-refractivity contribution < 1.29 is 15.2 Å². The van der Waals surface area contributed by atoms with Crippen LogP contribution in [0.15, 0.2) is 47.9 Å². The van der Waals surface area contributed by atoms with E-state index in [9.17, 15) is 4.79 Å². The third kappa shape index (κ3) is 3.04. The van der Waals surface area contributed by atoms with Crippen LogP contribution in [0.3, 0.4) is 0 Å². The number of hydrogen-bond acceptors (Lipinski definition) is 5. The summed E-state index contributed by atoms with van der Waals surface area (Å²) in [4.78, 5) is 12.8. The molecular weight excluding hydrogens is 250 g/mol. The average Bonchev–Trinajstić information content (AvgIpc) is 2.89. The van der Waals surface area contributed by atoms with Crippen LogP contribution in [-0.2, 0) is 0 Å². The highest BCUT2D eigenvalue weighted by Crippen LogP contribution is 2.14. The van der Waals surface area contributed by atoms with Gasteiger partial charge in [0.1, 0.15) is 0 Å². The molecule has 1 aromatic carbocycles. The van der Waals surface area contributed by atoms with Gasteiger partial charge in [-0.3, -0.25) is 15.2 Å². The smallest absolute Gasteiger partial charge is 0.185 e. The number of carbonyl (C=O) groups excluding carboxylic acids is 1. The average molecular weight is 261 g/mol. The maximum atomic E-state index is 11.8. The first-order chi connectivity index (χ1) is 8.66. The van der Waals surface area contributed by atoms with Crippen molar-refractivity contribution in [1.82, 2.24) is 0 Å². The summed E-state index contributed by atoms with van der Waals surface area (Å²) in [7, 11) is 0. The second kappa shape index (κ2) is 5.59. The summed E-state index contributed by atoms with van der Waals surface area (Å²) in [5, 5.41) is 19.5. The fraction of sp³-hybridized carbons (Fsp3) is 0. The van der Waals surface area contributed by atoms with E-state index in [4.69, 9.17) is 10.4 Å². The lowest BCUT2D eigenvalue weighted by Crippen LogP contribution is -2.10. The molecule has 92 valence electrons. The van der Waals surface area contributed by atoms with E-state index in [1.165, 1.54) is 30.3 Å². The van der Waals surface area contributed by atoms with Gasteiger partial charge in [0, 0.05) is 10.4 Å². The van der Waals surface area contributed by atoms with E-state index in [1.807, 2.05) is 17.5 Å². The fourth-order valence-electron chi connectivity index (χ4n) is 1.40. The summed E-state index contributed by atoms with van der Waals surface area (Å²) in [5.41, 5.74) is 0.696. The van der Waals surface area contributed by atoms with Gasteiger partial charge in [-0.1, -0.05) is 6.07 Å². The molecule has 0 saturated heterocycles. The summed E-state index contributed by atoms with van der Waals surface area (Å²) in [6, 6.07) is 9.82. The Hall–Kier alpha value is -1.95. The molecule has 0 spiro atoms. The van der Waals surface area contributed by atoms with Gasteiger partial charge in [-0.25, -0.2) is 0 Å². The van der Waals surface area contributed by atoms with Crippen molar-refractivity contribution >= 4 is 28.9 Å². The lowest BCUT2D eigenvalue weighted by atomic mass is 10.1. The molecule has 1 aromatic heterocycles. The summed E-state index contributed by atoms with van der Waals surface area (Å²) >= 11 is 1.55. The Bertz CT molecular complexity index is 544. The molecule has 0 aliphatic heterocycles. The molecule has 1 heterocycles. The van der Waals surface area contributed by atoms with Gasteiger partial charge < -0.3 is 0 Å². The minimum Gasteiger partial charge on any atom is -0.289 e. The van der Waals surface area contributed by atoms with Gasteiger partial charge in [0.05, 0.1) is 5.69 Å². The third-order valence-corrected chi connectivity index (χ3v) is 3.16. The first kappa shape index (κ1) is 12.5. The molecule has 0 radical (unpaired) electrons. The van der Waals surface area contributed by atoms with Crippen molar-refractivity contribution in [3.63, 3.8) is 0 Å². The van der Waals surface area contributed by atoms with Crippen molar-refractivity contribution in [2.75, 3.05) is 5.23 Å². The summed E-state index contributed by atoms with van der Waals surface area (Å²) in [5.74, 6) is -0.127. The van der Waals surface area contributed by atoms with Gasteiger partial charge >= 0.3 is 0 Å². The van der Waals surface area contributed by atoms with Crippen LogP contribution in [0.5, 0.6) is 0 Å². The molecular formula is C13H11NO3S. The minimum atomic E-state index is -0.127. The molecule has 0 amide bonds. The van der Waals surface area contributed by atoms with E-state index in [2.05, 4.69) is 0 Å². The zero-order chi connectivity index (χ0) is 13.0. The van der Waals surface area contributed by atoms with Gasteiger partial charge in [-0.05, 0) is 47.9 Å². The molecule has 0 aliphatic rings. The summed E-state index contributed by atoms with van der Waals surface area (Å²) < 4.78 is 0. The molecule has 2 aromatic rings. The number of anilines is 1. The molecule has 0 aliphatic carbocycles. The maximum Gasteiger partial charge on any atom is 0.185 e. The second-order valence-electron chi connectivity index (χ2n) is 3.55. The lowest BCUT2D eigenvalue weighted by Gasteiger charge is -2.07. The Morgan fingerprint density at radius 1 is 1.17 bits per heavy atom. The van der Waals surface area contributed by atoms with Crippen LogP contribution in [0, 0.1) is 0 Å². The Balaban J connectivity index is 2.09. The molecule has 18 heavy (non-hydrogen) atoms. The van der Waals surface area contributed by atoms with Gasteiger partial charge in [0.25, 0.3) is 0 Å². The van der Waals surface area contributed by atoms with E-state index < -0.39 is 0 Å². The molecule has 2 N–H and O–H groups in total. The van der Waals surface area contributed by atoms with Gasteiger partial charge in [0.2, 0.25) is 0 Å². The third-order valence-electron chi connectivity index (χ3n) is 2.32. The minimum absolute atomic E-state index is 0.00967.